The van der Waals surface area contributed by atoms with Crippen LogP contribution in [0.2, 0.25) is 9.26 Å². The fraction of sp³-hybridized carbons (Fsp3) is 0.357. The SMILES string of the molecule is CC1=C(C)C(C)[C]([Zr]([CH3])([CH3])(=[SiH2])[CH]2C(C)=C(c3ccccc3)c3ccc(C)cc32)=C1C.Cl.Cl. The minimum Gasteiger partial charge on any atom is -0.147 e. The third-order valence-electron chi connectivity index (χ3n) is 8.13. The van der Waals surface area contributed by atoms with E-state index in [0.717, 1.165) is 0 Å². The Morgan fingerprint density at radius 2 is 1.38 bits per heavy atom. The Kier molecular flexibility index (Phi) is 7.91. The maximum absolute atomic E-state index is 3.38. The molecule has 172 valence electrons. The minimum absolute atomic E-state index is 0. The predicted octanol–water partition coefficient (Wildman–Crippen LogP) is 8.31. The predicted molar refractivity (Wildman–Crippen MR) is 147 cm³/mol. The molecule has 0 radical (unpaired) electrons. The monoisotopic (exact) mass is 562 g/mol. The summed E-state index contributed by atoms with van der Waals surface area (Å²) in [6.07, 6.45) is 0. The van der Waals surface area contributed by atoms with Crippen molar-refractivity contribution in [2.45, 2.75) is 54.4 Å². The molecule has 0 aliphatic heterocycles. The van der Waals surface area contributed by atoms with Gasteiger partial charge in [-0.05, 0) is 0 Å². The van der Waals surface area contributed by atoms with Crippen LogP contribution in [0.15, 0.2) is 74.1 Å². The molecule has 2 aromatic carbocycles. The maximum atomic E-state index is 2.72. The van der Waals surface area contributed by atoms with Gasteiger partial charge < -0.3 is 0 Å². The molecular weight excluding hydrogens is 527 g/mol. The minimum atomic E-state index is -3.38. The molecule has 2 unspecified atom stereocenters. The van der Waals surface area contributed by atoms with Crippen LogP contribution in [0, 0.1) is 12.8 Å². The molecule has 2 aliphatic carbocycles. The van der Waals surface area contributed by atoms with Crippen molar-refractivity contribution in [2.24, 2.45) is 5.92 Å². The number of fused-ring (bicyclic) bond motifs is 1. The van der Waals surface area contributed by atoms with Crippen molar-refractivity contribution in [1.29, 1.82) is 0 Å². The molecule has 0 N–H and O–H groups in total. The van der Waals surface area contributed by atoms with Gasteiger partial charge in [-0.25, -0.2) is 0 Å². The van der Waals surface area contributed by atoms with Crippen LogP contribution in [-0.4, -0.2) is 6.88 Å². The van der Waals surface area contributed by atoms with Crippen LogP contribution in [0.1, 0.15) is 60.5 Å². The number of allylic oxidation sites excluding steroid dienone is 5. The molecule has 4 rings (SSSR count). The molecule has 0 nitrogen and oxygen atoms in total. The third-order valence-corrected chi connectivity index (χ3v) is 25.5. The summed E-state index contributed by atoms with van der Waals surface area (Å²) < 4.78 is 7.83. The Bertz CT molecular complexity index is 1230. The van der Waals surface area contributed by atoms with Crippen molar-refractivity contribution < 1.29 is 17.4 Å². The zero-order valence-corrected chi connectivity index (χ0v) is 26.3. The zero-order chi connectivity index (χ0) is 22.0. The average Bonchev–Trinajstić information content (AvgIpc) is 3.08. The van der Waals surface area contributed by atoms with Crippen molar-refractivity contribution in [2.75, 3.05) is 0 Å². The fourth-order valence-corrected chi connectivity index (χ4v) is 28.3. The van der Waals surface area contributed by atoms with E-state index in [9.17, 15) is 0 Å². The van der Waals surface area contributed by atoms with E-state index in [1.54, 1.807) is 27.9 Å². The van der Waals surface area contributed by atoms with Crippen molar-refractivity contribution in [3.63, 3.8) is 0 Å². The van der Waals surface area contributed by atoms with E-state index in [-0.39, 0.29) is 24.8 Å². The van der Waals surface area contributed by atoms with Crippen LogP contribution in [0.3, 0.4) is 0 Å². The van der Waals surface area contributed by atoms with Gasteiger partial charge in [-0.3, -0.25) is 0 Å². The third kappa shape index (κ3) is 4.04. The first-order chi connectivity index (χ1) is 13.9. The quantitative estimate of drug-likeness (QED) is 0.329. The van der Waals surface area contributed by atoms with Crippen molar-refractivity contribution in [3.05, 3.63) is 96.4 Å². The topological polar surface area (TPSA) is 0 Å². The molecule has 0 amide bonds. The molecule has 0 heterocycles. The average molecular weight is 565 g/mol. The van der Waals surface area contributed by atoms with E-state index in [1.807, 2.05) is 3.28 Å². The Morgan fingerprint density at radius 1 is 0.781 bits per heavy atom. The summed E-state index contributed by atoms with van der Waals surface area (Å²) in [5, 5.41) is 0. The van der Waals surface area contributed by atoms with Gasteiger partial charge in [-0.2, -0.15) is 0 Å². The Hall–Kier alpha value is -0.660. The van der Waals surface area contributed by atoms with Gasteiger partial charge in [0.15, 0.2) is 0 Å². The van der Waals surface area contributed by atoms with Gasteiger partial charge in [-0.1, -0.05) is 0 Å². The zero-order valence-electron chi connectivity index (χ0n) is 20.8. The first kappa shape index (κ1) is 27.6. The van der Waals surface area contributed by atoms with Gasteiger partial charge in [0.25, 0.3) is 0 Å². The molecule has 32 heavy (non-hydrogen) atoms. The molecule has 0 saturated carbocycles. The number of hydrogen-bond donors (Lipinski definition) is 0. The van der Waals surface area contributed by atoms with E-state index in [4.69, 9.17) is 0 Å². The molecule has 0 bridgehead atoms. The molecule has 4 heteroatoms. The summed E-state index contributed by atoms with van der Waals surface area (Å²) in [6.45, 7) is 16.7. The van der Waals surface area contributed by atoms with Crippen molar-refractivity contribution in [3.8, 4) is 0 Å². The van der Waals surface area contributed by atoms with Crippen LogP contribution >= 0.6 is 24.8 Å². The second kappa shape index (κ2) is 9.18. The summed E-state index contributed by atoms with van der Waals surface area (Å²) in [4.78, 5) is 0. The Morgan fingerprint density at radius 3 is 1.91 bits per heavy atom. The normalized spacial score (nSPS) is 20.9. The van der Waals surface area contributed by atoms with E-state index >= 15 is 0 Å². The molecular formula is C28H38Cl2SiZr. The van der Waals surface area contributed by atoms with Gasteiger partial charge in [0.1, 0.15) is 0 Å². The molecule has 0 saturated heterocycles. The van der Waals surface area contributed by atoms with Gasteiger partial charge >= 0.3 is 187 Å². The van der Waals surface area contributed by atoms with Crippen LogP contribution < -0.4 is 0 Å². The van der Waals surface area contributed by atoms with Crippen LogP contribution in [-0.2, 0) is 17.4 Å². The van der Waals surface area contributed by atoms with Gasteiger partial charge in [-0.15, -0.1) is 24.8 Å². The molecule has 2 aromatic rings. The van der Waals surface area contributed by atoms with E-state index in [2.05, 4.69) is 106 Å². The van der Waals surface area contributed by atoms with E-state index in [1.165, 1.54) is 22.3 Å². The number of aryl methyl sites for hydroxylation is 1. The summed E-state index contributed by atoms with van der Waals surface area (Å²) in [6, 6.07) is 18.2. The second-order valence-corrected chi connectivity index (χ2v) is 40.3. The molecule has 0 fully saturated rings. The smallest absolute Gasteiger partial charge is 0.147 e. The summed E-state index contributed by atoms with van der Waals surface area (Å²) in [5.41, 5.74) is 13.6. The van der Waals surface area contributed by atoms with Crippen molar-refractivity contribution in [1.82, 2.24) is 0 Å². The van der Waals surface area contributed by atoms with Crippen LogP contribution in [0.25, 0.3) is 5.57 Å². The van der Waals surface area contributed by atoms with E-state index < -0.39 is 17.4 Å². The molecule has 0 aromatic heterocycles. The molecule has 2 aliphatic rings. The first-order valence-corrected chi connectivity index (χ1v) is 24.8. The standard InChI is InChI=1S/C17H15.C9H13.2CH3.2ClH.H2Si.Zr/c1-12-8-9-16-15(10-12)11-13(2)17(16)14-6-4-3-5-7-14;1-6-5-7(2)9(4)8(6)3;;;;;;/h3-11H,1-2H3;6H,1-4H3;2*1H3;2*1H;1H2;. The fourth-order valence-electron chi connectivity index (χ4n) is 6.77. The van der Waals surface area contributed by atoms with Gasteiger partial charge in [0.05, 0.1) is 0 Å². The summed E-state index contributed by atoms with van der Waals surface area (Å²) in [5.74, 6) is 0.588. The maximum Gasteiger partial charge on any atom is -0.147 e. The second-order valence-electron chi connectivity index (χ2n) is 10.8. The van der Waals surface area contributed by atoms with Crippen LogP contribution in [0.4, 0.5) is 0 Å². The number of rotatable bonds is 3. The number of benzene rings is 2. The van der Waals surface area contributed by atoms with Crippen LogP contribution in [0.5, 0.6) is 0 Å². The Balaban J connectivity index is 0.00000181. The van der Waals surface area contributed by atoms with Gasteiger partial charge in [0.2, 0.25) is 0 Å². The Labute approximate surface area is 210 Å². The summed E-state index contributed by atoms with van der Waals surface area (Å²) >= 11 is -3.38. The largest absolute Gasteiger partial charge is 0.147 e. The molecule has 0 spiro atoms. The number of hydrogen-bond acceptors (Lipinski definition) is 0. The van der Waals surface area contributed by atoms with Gasteiger partial charge in [0, 0.05) is 0 Å². The summed E-state index contributed by atoms with van der Waals surface area (Å²) in [7, 11) is 0. The van der Waals surface area contributed by atoms with E-state index in [0.29, 0.717) is 9.54 Å². The molecule has 2 atom stereocenters. The first-order valence-electron chi connectivity index (χ1n) is 11.3. The van der Waals surface area contributed by atoms with Crippen molar-refractivity contribution >= 4 is 37.3 Å². The number of halogens is 2.